The van der Waals surface area contributed by atoms with E-state index in [-0.39, 0.29) is 12.1 Å². The van der Waals surface area contributed by atoms with Crippen LogP contribution >= 0.6 is 0 Å². The Bertz CT molecular complexity index is 677. The van der Waals surface area contributed by atoms with Gasteiger partial charge in [0, 0.05) is 20.2 Å². The molecule has 0 heterocycles. The molecule has 0 saturated carbocycles. The van der Waals surface area contributed by atoms with Crippen molar-refractivity contribution in [3.05, 3.63) is 0 Å². The Kier molecular flexibility index (Phi) is 34.8. The number of unbranched alkanes of at least 4 members (excludes halogenated alkanes) is 12. The average molecular weight is 749 g/mol. The van der Waals surface area contributed by atoms with Gasteiger partial charge in [0.05, 0.1) is 0 Å². The van der Waals surface area contributed by atoms with E-state index in [9.17, 15) is 19.2 Å². The van der Waals surface area contributed by atoms with Gasteiger partial charge in [-0.1, -0.05) is 221 Å². The quantitative estimate of drug-likeness (QED) is 0.0389. The van der Waals surface area contributed by atoms with Gasteiger partial charge in [0.1, 0.15) is 0 Å². The third kappa shape index (κ3) is 36.6. The van der Waals surface area contributed by atoms with E-state index in [1.165, 1.54) is 122 Å². The Balaban J connectivity index is 0. The molecule has 0 aliphatic carbocycles. The molecule has 0 aromatic heterocycles. The second-order valence-electron chi connectivity index (χ2n) is 17.0. The molecule has 0 amide bonds. The lowest BCUT2D eigenvalue weighted by molar-refractivity contribution is 0.149. The van der Waals surface area contributed by atoms with Crippen LogP contribution in [0.4, 0.5) is 0 Å². The molecule has 5 nitrogen and oxygen atoms in total. The van der Waals surface area contributed by atoms with Crippen molar-refractivity contribution in [2.24, 2.45) is 17.8 Å². The largest absolute Gasteiger partial charge is 0.488 e. The summed E-state index contributed by atoms with van der Waals surface area (Å²) in [5.74, 6) is 1.95. The van der Waals surface area contributed by atoms with Gasteiger partial charge in [0.2, 0.25) is 0 Å². The first-order chi connectivity index (χ1) is 23.2. The molecule has 0 fully saturated rings. The zero-order valence-electron chi connectivity index (χ0n) is 34.9. The molecule has 0 rings (SSSR count). The van der Waals surface area contributed by atoms with Crippen molar-refractivity contribution in [3.8, 4) is 0 Å². The lowest BCUT2D eigenvalue weighted by Crippen LogP contribution is -2.53. The van der Waals surface area contributed by atoms with Gasteiger partial charge < -0.3 is 23.3 Å². The van der Waals surface area contributed by atoms with E-state index < -0.39 is 25.7 Å². The summed E-state index contributed by atoms with van der Waals surface area (Å²) < 4.78 is 5.32. The van der Waals surface area contributed by atoms with Gasteiger partial charge in [0.25, 0.3) is 0 Å². The zero-order chi connectivity index (χ0) is 37.4. The highest BCUT2D eigenvalue weighted by molar-refractivity contribution is 6.76. The van der Waals surface area contributed by atoms with Gasteiger partial charge in [-0.15, -0.1) is 0 Å². The molecule has 0 bridgehead atoms. The molecule has 298 valence electrons. The highest BCUT2D eigenvalue weighted by atomic mass is 28.5. The van der Waals surface area contributed by atoms with Gasteiger partial charge in [-0.3, -0.25) is 0 Å². The summed E-state index contributed by atoms with van der Waals surface area (Å²) in [7, 11) is -8.93. The van der Waals surface area contributed by atoms with Crippen LogP contribution in [-0.4, -0.2) is 44.9 Å². The standard InChI is InChI=1S/C26H58O5Si2.C15H34Si/c1-5-9-13-16-20-25(17-12-8-4)21-23-32(27,28)31-33(29,30)24-22-26(18-14-10-6-2)19-15-11-7-3;1-6-8-9-10-11-12-15(7-2)13-14-16(3,4)5/h25-30H,5-24H2,1-4H3;15H,6-14H2,1-5H3. The molecule has 0 saturated heterocycles. The predicted octanol–water partition coefficient (Wildman–Crippen LogP) is 13.3. The van der Waals surface area contributed by atoms with Crippen molar-refractivity contribution in [1.82, 2.24) is 0 Å². The summed E-state index contributed by atoms with van der Waals surface area (Å²) in [4.78, 5) is 42.1. The number of rotatable bonds is 34. The normalized spacial score (nSPS) is 13.8. The van der Waals surface area contributed by atoms with Crippen LogP contribution in [0.2, 0.25) is 37.8 Å². The third-order valence-electron chi connectivity index (χ3n) is 10.5. The molecule has 2 unspecified atom stereocenters. The molecule has 0 aliphatic heterocycles. The summed E-state index contributed by atoms with van der Waals surface area (Å²) in [5.41, 5.74) is 0. The Labute approximate surface area is 312 Å². The Hall–Kier alpha value is 0.451. The monoisotopic (exact) mass is 749 g/mol. The van der Waals surface area contributed by atoms with Crippen LogP contribution < -0.4 is 0 Å². The maximum Gasteiger partial charge on any atom is 0.488 e. The van der Waals surface area contributed by atoms with E-state index >= 15 is 0 Å². The van der Waals surface area contributed by atoms with Crippen molar-refractivity contribution >= 4 is 25.7 Å². The van der Waals surface area contributed by atoms with Crippen molar-refractivity contribution in [3.63, 3.8) is 0 Å². The first kappa shape index (κ1) is 51.6. The fraction of sp³-hybridized carbons (Fsp3) is 1.00. The Morgan fingerprint density at radius 2 is 0.673 bits per heavy atom. The molecule has 0 aromatic rings. The molecule has 0 radical (unpaired) electrons. The molecule has 8 heteroatoms. The fourth-order valence-corrected chi connectivity index (χ4v) is 12.7. The first-order valence-electron chi connectivity index (χ1n) is 21.8. The van der Waals surface area contributed by atoms with E-state index in [1.54, 1.807) is 0 Å². The molecule has 49 heavy (non-hydrogen) atoms. The minimum Gasteiger partial charge on any atom is -0.390 e. The summed E-state index contributed by atoms with van der Waals surface area (Å²) >= 11 is 0. The predicted molar refractivity (Wildman–Crippen MR) is 224 cm³/mol. The number of hydrogen-bond donors (Lipinski definition) is 4. The first-order valence-corrected chi connectivity index (χ1v) is 29.5. The molecule has 4 N–H and O–H groups in total. The average Bonchev–Trinajstić information content (AvgIpc) is 3.03. The van der Waals surface area contributed by atoms with Gasteiger partial charge >= 0.3 is 17.6 Å². The molecular formula is C41H92O5Si3. The maximum atomic E-state index is 10.5. The van der Waals surface area contributed by atoms with Crippen LogP contribution in [-0.2, 0) is 4.12 Å². The van der Waals surface area contributed by atoms with Crippen LogP contribution in [0.1, 0.15) is 208 Å². The summed E-state index contributed by atoms with van der Waals surface area (Å²) in [5, 5.41) is 0. The maximum absolute atomic E-state index is 10.5. The lowest BCUT2D eigenvalue weighted by Gasteiger charge is -2.28. The molecule has 0 spiro atoms. The van der Waals surface area contributed by atoms with Crippen molar-refractivity contribution < 1.29 is 23.3 Å². The minimum atomic E-state index is -4.07. The number of hydrogen-bond acceptors (Lipinski definition) is 5. The Morgan fingerprint density at radius 3 is 1.06 bits per heavy atom. The van der Waals surface area contributed by atoms with Gasteiger partial charge in [-0.25, -0.2) is 0 Å². The molecule has 2 atom stereocenters. The second-order valence-corrected chi connectivity index (χ2v) is 27.4. The van der Waals surface area contributed by atoms with Crippen LogP contribution in [0.3, 0.4) is 0 Å². The molecule has 0 aliphatic rings. The zero-order valence-corrected chi connectivity index (χ0v) is 37.9. The van der Waals surface area contributed by atoms with Crippen LogP contribution in [0, 0.1) is 17.8 Å². The van der Waals surface area contributed by atoms with Crippen molar-refractivity contribution in [2.45, 2.75) is 246 Å². The summed E-state index contributed by atoms with van der Waals surface area (Å²) in [6, 6.07) is 1.87. The summed E-state index contributed by atoms with van der Waals surface area (Å²) in [6.07, 6.45) is 31.8. The second kappa shape index (κ2) is 33.1. The highest BCUT2D eigenvalue weighted by Crippen LogP contribution is 2.29. The van der Waals surface area contributed by atoms with Crippen LogP contribution in [0.15, 0.2) is 0 Å². The SMILES string of the molecule is CCCCCCC(CCCC)CC[Si](O)(O)O[Si](O)(O)CCC(CCCCC)CCCCC.CCCCCCCC(CC)CC[Si](C)(C)C. The highest BCUT2D eigenvalue weighted by Gasteiger charge is 2.45. The minimum absolute atomic E-state index is 0.168. The van der Waals surface area contributed by atoms with Crippen LogP contribution in [0.25, 0.3) is 0 Å². The molecular weight excluding hydrogens is 657 g/mol. The van der Waals surface area contributed by atoms with Crippen molar-refractivity contribution in [1.29, 1.82) is 0 Å². The van der Waals surface area contributed by atoms with E-state index in [0.717, 1.165) is 44.4 Å². The topological polar surface area (TPSA) is 90.2 Å². The fourth-order valence-electron chi connectivity index (χ4n) is 6.96. The van der Waals surface area contributed by atoms with Gasteiger partial charge in [0.15, 0.2) is 0 Å². The van der Waals surface area contributed by atoms with Gasteiger partial charge in [-0.2, -0.15) is 0 Å². The molecule has 0 aromatic carbocycles. The van der Waals surface area contributed by atoms with Crippen molar-refractivity contribution in [2.75, 3.05) is 0 Å². The smallest absolute Gasteiger partial charge is 0.390 e. The van der Waals surface area contributed by atoms with Gasteiger partial charge in [-0.05, 0) is 30.6 Å². The van der Waals surface area contributed by atoms with Crippen LogP contribution in [0.5, 0.6) is 0 Å². The van der Waals surface area contributed by atoms with E-state index in [2.05, 4.69) is 61.2 Å². The lowest BCUT2D eigenvalue weighted by atomic mass is 9.93. The third-order valence-corrected chi connectivity index (χ3v) is 16.8. The Morgan fingerprint density at radius 1 is 0.367 bits per heavy atom. The van der Waals surface area contributed by atoms with E-state index in [0.29, 0.717) is 24.7 Å². The summed E-state index contributed by atoms with van der Waals surface area (Å²) in [6.45, 7) is 21.0. The van der Waals surface area contributed by atoms with E-state index in [4.69, 9.17) is 4.12 Å². The van der Waals surface area contributed by atoms with E-state index in [1.807, 2.05) is 0 Å².